The van der Waals surface area contributed by atoms with Crippen molar-refractivity contribution in [1.82, 2.24) is 0 Å². The van der Waals surface area contributed by atoms with Gasteiger partial charge in [-0.1, -0.05) is 18.2 Å². The molecule has 3 aromatic carbocycles. The zero-order valence-corrected chi connectivity index (χ0v) is 15.8. The van der Waals surface area contributed by atoms with Gasteiger partial charge in [-0.05, 0) is 24.3 Å². The lowest BCUT2D eigenvalue weighted by molar-refractivity contribution is -0.383. The molecule has 3 rings (SSSR count). The lowest BCUT2D eigenvalue weighted by Crippen LogP contribution is -2.12. The summed E-state index contributed by atoms with van der Waals surface area (Å²) in [5, 5.41) is 17.2. The average molecular weight is 393 g/mol. The number of amides is 1. The number of para-hydroxylation sites is 1. The van der Waals surface area contributed by atoms with Gasteiger partial charge < -0.3 is 20.1 Å². The summed E-state index contributed by atoms with van der Waals surface area (Å²) >= 11 is 0. The number of anilines is 3. The number of nitro groups is 1. The van der Waals surface area contributed by atoms with Gasteiger partial charge in [0.05, 0.1) is 19.1 Å². The van der Waals surface area contributed by atoms with E-state index in [1.807, 2.05) is 18.2 Å². The van der Waals surface area contributed by atoms with E-state index in [4.69, 9.17) is 9.47 Å². The number of carbonyl (C=O) groups is 1. The number of hydrogen-bond acceptors (Lipinski definition) is 6. The number of carbonyl (C=O) groups excluding carboxylic acids is 1. The molecule has 0 aliphatic heterocycles. The summed E-state index contributed by atoms with van der Waals surface area (Å²) in [4.78, 5) is 23.6. The van der Waals surface area contributed by atoms with E-state index >= 15 is 0 Å². The molecule has 29 heavy (non-hydrogen) atoms. The molecule has 0 spiro atoms. The number of hydrogen-bond donors (Lipinski definition) is 2. The van der Waals surface area contributed by atoms with Crippen molar-refractivity contribution in [3.63, 3.8) is 0 Å². The van der Waals surface area contributed by atoms with Gasteiger partial charge in [-0.3, -0.25) is 14.9 Å². The van der Waals surface area contributed by atoms with Crippen LogP contribution in [0.2, 0.25) is 0 Å². The van der Waals surface area contributed by atoms with Crippen LogP contribution in [-0.2, 0) is 0 Å². The first-order valence-electron chi connectivity index (χ1n) is 8.65. The van der Waals surface area contributed by atoms with Gasteiger partial charge in [-0.2, -0.15) is 0 Å². The maximum absolute atomic E-state index is 12.6. The fraction of sp³-hybridized carbons (Fsp3) is 0.0952. The SMILES string of the molecule is COc1cc(NC(=O)c2ccc(Nc3ccccc3)c([N+](=O)[O-])c2)cc(OC)c1. The molecule has 0 aliphatic carbocycles. The van der Waals surface area contributed by atoms with E-state index in [0.29, 0.717) is 28.6 Å². The van der Waals surface area contributed by atoms with Crippen LogP contribution >= 0.6 is 0 Å². The Kier molecular flexibility index (Phi) is 5.94. The number of nitro benzene ring substituents is 1. The molecule has 3 aromatic rings. The molecule has 8 nitrogen and oxygen atoms in total. The molecule has 0 atom stereocenters. The highest BCUT2D eigenvalue weighted by Crippen LogP contribution is 2.30. The van der Waals surface area contributed by atoms with Crippen LogP contribution < -0.4 is 20.1 Å². The summed E-state index contributed by atoms with van der Waals surface area (Å²) in [5.74, 6) is 0.524. The van der Waals surface area contributed by atoms with Crippen molar-refractivity contribution in [2.24, 2.45) is 0 Å². The molecule has 0 heterocycles. The number of ether oxygens (including phenoxy) is 2. The van der Waals surface area contributed by atoms with Crippen LogP contribution in [0.4, 0.5) is 22.7 Å². The normalized spacial score (nSPS) is 10.1. The Balaban J connectivity index is 1.86. The summed E-state index contributed by atoms with van der Waals surface area (Å²) in [6, 6.07) is 18.2. The molecular weight excluding hydrogens is 374 g/mol. The van der Waals surface area contributed by atoms with Gasteiger partial charge in [0, 0.05) is 41.2 Å². The first kappa shape index (κ1) is 19.7. The third-order valence-electron chi connectivity index (χ3n) is 4.12. The van der Waals surface area contributed by atoms with Gasteiger partial charge >= 0.3 is 0 Å². The standard InChI is InChI=1S/C21H19N3O5/c1-28-17-11-16(12-18(13-17)29-2)23-21(25)14-8-9-19(20(10-14)24(26)27)22-15-6-4-3-5-7-15/h3-13,22H,1-2H3,(H,23,25). The zero-order chi connectivity index (χ0) is 20.8. The Morgan fingerprint density at radius 2 is 1.55 bits per heavy atom. The predicted octanol–water partition coefficient (Wildman–Crippen LogP) is 4.61. The van der Waals surface area contributed by atoms with Gasteiger partial charge in [0.1, 0.15) is 17.2 Å². The van der Waals surface area contributed by atoms with Crippen molar-refractivity contribution < 1.29 is 19.2 Å². The molecule has 8 heteroatoms. The number of nitrogens with zero attached hydrogens (tertiary/aromatic N) is 1. The third kappa shape index (κ3) is 4.81. The second-order valence-electron chi connectivity index (χ2n) is 6.04. The molecular formula is C21H19N3O5. The summed E-state index contributed by atoms with van der Waals surface area (Å²) in [7, 11) is 3.00. The van der Waals surface area contributed by atoms with Crippen molar-refractivity contribution in [2.75, 3.05) is 24.9 Å². The number of benzene rings is 3. The van der Waals surface area contributed by atoms with Gasteiger partial charge in [-0.15, -0.1) is 0 Å². The minimum atomic E-state index is -0.531. The van der Waals surface area contributed by atoms with Crippen molar-refractivity contribution in [3.8, 4) is 11.5 Å². The van der Waals surface area contributed by atoms with Crippen molar-refractivity contribution in [2.45, 2.75) is 0 Å². The summed E-state index contributed by atoms with van der Waals surface area (Å²) in [5.41, 5.74) is 1.39. The first-order valence-corrected chi connectivity index (χ1v) is 8.65. The molecule has 0 saturated heterocycles. The van der Waals surface area contributed by atoms with Gasteiger partial charge in [0.25, 0.3) is 11.6 Å². The van der Waals surface area contributed by atoms with Crippen LogP contribution in [0.5, 0.6) is 11.5 Å². The van der Waals surface area contributed by atoms with E-state index in [1.54, 1.807) is 30.3 Å². The van der Waals surface area contributed by atoms with Gasteiger partial charge in [0.2, 0.25) is 0 Å². The highest BCUT2D eigenvalue weighted by atomic mass is 16.6. The molecule has 0 fully saturated rings. The fourth-order valence-electron chi connectivity index (χ4n) is 2.69. The minimum Gasteiger partial charge on any atom is -0.497 e. The van der Waals surface area contributed by atoms with Crippen LogP contribution in [0.25, 0.3) is 0 Å². The Labute approximate surface area is 167 Å². The molecule has 1 amide bonds. The third-order valence-corrected chi connectivity index (χ3v) is 4.12. The van der Waals surface area contributed by atoms with Crippen molar-refractivity contribution in [1.29, 1.82) is 0 Å². The average Bonchev–Trinajstić information content (AvgIpc) is 2.74. The van der Waals surface area contributed by atoms with Crippen molar-refractivity contribution in [3.05, 3.63) is 82.4 Å². The van der Waals surface area contributed by atoms with E-state index in [9.17, 15) is 14.9 Å². The van der Waals surface area contributed by atoms with Crippen LogP contribution in [0.1, 0.15) is 10.4 Å². The highest BCUT2D eigenvalue weighted by Gasteiger charge is 2.18. The zero-order valence-electron chi connectivity index (χ0n) is 15.8. The lowest BCUT2D eigenvalue weighted by atomic mass is 10.1. The molecule has 0 saturated carbocycles. The van der Waals surface area contributed by atoms with Gasteiger partial charge in [-0.25, -0.2) is 0 Å². The second kappa shape index (κ2) is 8.75. The van der Waals surface area contributed by atoms with E-state index in [2.05, 4.69) is 10.6 Å². The maximum Gasteiger partial charge on any atom is 0.293 e. The number of rotatable bonds is 7. The smallest absolute Gasteiger partial charge is 0.293 e. The summed E-state index contributed by atoms with van der Waals surface area (Å²) < 4.78 is 10.4. The van der Waals surface area contributed by atoms with E-state index in [-0.39, 0.29) is 11.3 Å². The molecule has 0 radical (unpaired) electrons. The second-order valence-corrected chi connectivity index (χ2v) is 6.04. The van der Waals surface area contributed by atoms with Crippen LogP contribution in [-0.4, -0.2) is 25.1 Å². The number of nitrogens with one attached hydrogen (secondary N) is 2. The molecule has 2 N–H and O–H groups in total. The quantitative estimate of drug-likeness (QED) is 0.449. The highest BCUT2D eigenvalue weighted by molar-refractivity contribution is 6.05. The minimum absolute atomic E-state index is 0.150. The molecule has 0 bridgehead atoms. The Morgan fingerprint density at radius 1 is 0.897 bits per heavy atom. The first-order chi connectivity index (χ1) is 14.0. The van der Waals surface area contributed by atoms with Gasteiger partial charge in [0.15, 0.2) is 0 Å². The molecule has 0 unspecified atom stereocenters. The van der Waals surface area contributed by atoms with Crippen molar-refractivity contribution >= 4 is 28.7 Å². The summed E-state index contributed by atoms with van der Waals surface area (Å²) in [6.45, 7) is 0. The fourth-order valence-corrected chi connectivity index (χ4v) is 2.69. The van der Waals surface area contributed by atoms with E-state index in [0.717, 1.165) is 0 Å². The number of methoxy groups -OCH3 is 2. The van der Waals surface area contributed by atoms with E-state index in [1.165, 1.54) is 32.4 Å². The topological polar surface area (TPSA) is 103 Å². The Bertz CT molecular complexity index is 1020. The van der Waals surface area contributed by atoms with Crippen LogP contribution in [0, 0.1) is 10.1 Å². The van der Waals surface area contributed by atoms with E-state index < -0.39 is 10.8 Å². The monoisotopic (exact) mass is 393 g/mol. The molecule has 0 aliphatic rings. The maximum atomic E-state index is 12.6. The van der Waals surface area contributed by atoms with Crippen LogP contribution in [0.15, 0.2) is 66.7 Å². The van der Waals surface area contributed by atoms with Crippen LogP contribution in [0.3, 0.4) is 0 Å². The summed E-state index contributed by atoms with van der Waals surface area (Å²) in [6.07, 6.45) is 0. The largest absolute Gasteiger partial charge is 0.497 e. The Morgan fingerprint density at radius 3 is 2.14 bits per heavy atom. The predicted molar refractivity (Wildman–Crippen MR) is 110 cm³/mol. The Hall–Kier alpha value is -4.07. The lowest BCUT2D eigenvalue weighted by Gasteiger charge is -2.11. The molecule has 148 valence electrons. The molecule has 0 aromatic heterocycles.